The molecule has 1 fully saturated rings. The number of carbonyl (C=O) groups is 2. The number of hydrazine groups is 2. The number of nitrogens with one attached hydrogen (secondary N) is 3. The summed E-state index contributed by atoms with van der Waals surface area (Å²) in [5, 5.41) is 0. The third kappa shape index (κ3) is 5.63. The summed E-state index contributed by atoms with van der Waals surface area (Å²) in [5.41, 5.74) is 12.7. The molecular formula is C26H25F3N5O3+. The van der Waals surface area contributed by atoms with Gasteiger partial charge < -0.3 is 9.64 Å². The standard InChI is InChI=1S/C26H25F3N5O3/c1-16-12-21(37-26(27,28)29)5-2-17(16)4-7-24(35)33-10-8-19-14-34(15-20(19)9-11-33)25(36)18-3-6-22-23(13-18)31-32-30-22/h2,4-5,7-10,12-15,22-23,30-32H,3,6,11H2,1H3/q+1/b7-4+/t22?,23-/m1/s1. The second-order valence-corrected chi connectivity index (χ2v) is 9.07. The van der Waals surface area contributed by atoms with Gasteiger partial charge in [-0.25, -0.2) is 15.6 Å². The topological polar surface area (TPSA) is 85.7 Å². The lowest BCUT2D eigenvalue weighted by molar-refractivity contribution is -0.369. The molecule has 4 aliphatic rings. The molecule has 0 saturated carbocycles. The van der Waals surface area contributed by atoms with Crippen LogP contribution in [0.4, 0.5) is 13.2 Å². The zero-order chi connectivity index (χ0) is 26.2. The number of allylic oxidation sites excluding steroid dienone is 3. The fourth-order valence-corrected chi connectivity index (χ4v) is 4.57. The molecule has 3 N–H and O–H groups in total. The largest absolute Gasteiger partial charge is 0.573 e. The molecule has 0 bridgehead atoms. The minimum Gasteiger partial charge on any atom is -0.406 e. The first-order chi connectivity index (χ1) is 17.7. The van der Waals surface area contributed by atoms with E-state index in [1.165, 1.54) is 29.2 Å². The number of amides is 2. The lowest BCUT2D eigenvalue weighted by Gasteiger charge is -2.20. The first-order valence-corrected chi connectivity index (χ1v) is 11.8. The summed E-state index contributed by atoms with van der Waals surface area (Å²) in [4.78, 5) is 27.3. The van der Waals surface area contributed by atoms with Gasteiger partial charge in [-0.2, -0.15) is 5.53 Å². The van der Waals surface area contributed by atoms with Crippen LogP contribution in [0.25, 0.3) is 6.08 Å². The molecule has 5 rings (SSSR count). The SMILES string of the molecule is Cc1cc(OC(F)(F)F)ccc1/C=C/C(=O)N1C=CC2=C[N+](C(=O)C3=C[C@H]4NNNC4CC3)=CC2=CC1. The number of halogens is 3. The molecule has 11 heteroatoms. The number of rotatable bonds is 4. The van der Waals surface area contributed by atoms with Crippen molar-refractivity contribution in [2.24, 2.45) is 0 Å². The molecule has 1 unspecified atom stereocenters. The number of nitrogens with zero attached hydrogens (tertiary/aromatic N) is 2. The average molecular weight is 513 g/mol. The van der Waals surface area contributed by atoms with Crippen LogP contribution < -0.4 is 21.1 Å². The van der Waals surface area contributed by atoms with Gasteiger partial charge in [-0.15, -0.1) is 17.7 Å². The van der Waals surface area contributed by atoms with Crippen molar-refractivity contribution in [1.29, 1.82) is 0 Å². The summed E-state index contributed by atoms with van der Waals surface area (Å²) in [6.07, 6.45) is 10.5. The molecule has 37 heavy (non-hydrogen) atoms. The van der Waals surface area contributed by atoms with Gasteiger partial charge in [-0.3, -0.25) is 4.79 Å². The molecule has 3 heterocycles. The van der Waals surface area contributed by atoms with Gasteiger partial charge in [-0.1, -0.05) is 18.2 Å². The highest BCUT2D eigenvalue weighted by Gasteiger charge is 2.35. The number of ether oxygens (including phenoxy) is 1. The molecule has 1 aromatic rings. The Bertz CT molecular complexity index is 1320. The summed E-state index contributed by atoms with van der Waals surface area (Å²) >= 11 is 0. The molecule has 2 amide bonds. The molecule has 3 aliphatic heterocycles. The monoisotopic (exact) mass is 512 g/mol. The summed E-state index contributed by atoms with van der Waals surface area (Å²) in [5.74, 6) is -0.669. The zero-order valence-electron chi connectivity index (χ0n) is 19.9. The molecule has 0 aromatic heterocycles. The van der Waals surface area contributed by atoms with E-state index in [-0.39, 0.29) is 29.6 Å². The van der Waals surface area contributed by atoms with Crippen LogP contribution in [-0.2, 0) is 9.59 Å². The molecule has 0 radical (unpaired) electrons. The van der Waals surface area contributed by atoms with Crippen LogP contribution in [0.5, 0.6) is 5.75 Å². The molecule has 0 spiro atoms. The van der Waals surface area contributed by atoms with Gasteiger partial charge >= 0.3 is 12.3 Å². The first kappa shape index (κ1) is 24.9. The summed E-state index contributed by atoms with van der Waals surface area (Å²) in [6, 6.07) is 4.27. The number of alkyl halides is 3. The van der Waals surface area contributed by atoms with Gasteiger partial charge in [0.15, 0.2) is 12.4 Å². The summed E-state index contributed by atoms with van der Waals surface area (Å²) in [6.45, 7) is 1.94. The fraction of sp³-hybridized carbons (Fsp3) is 0.269. The highest BCUT2D eigenvalue weighted by atomic mass is 19.4. The van der Waals surface area contributed by atoms with Crippen molar-refractivity contribution in [2.75, 3.05) is 6.54 Å². The van der Waals surface area contributed by atoms with Gasteiger partial charge in [0.2, 0.25) is 0 Å². The molecule has 1 aromatic carbocycles. The van der Waals surface area contributed by atoms with E-state index in [1.54, 1.807) is 42.3 Å². The van der Waals surface area contributed by atoms with Crippen molar-refractivity contribution in [2.45, 2.75) is 38.2 Å². The molecule has 1 saturated heterocycles. The summed E-state index contributed by atoms with van der Waals surface area (Å²) < 4.78 is 42.7. The number of aryl methyl sites for hydroxylation is 1. The molecule has 8 nitrogen and oxygen atoms in total. The van der Waals surface area contributed by atoms with Crippen LogP contribution in [0.15, 0.2) is 71.6 Å². The Morgan fingerprint density at radius 2 is 2.05 bits per heavy atom. The number of hydrogen-bond acceptors (Lipinski definition) is 6. The quantitative estimate of drug-likeness (QED) is 0.425. The maximum absolute atomic E-state index is 13.1. The van der Waals surface area contributed by atoms with Crippen LogP contribution in [0.1, 0.15) is 24.0 Å². The molecule has 2 atom stereocenters. The normalized spacial score (nSPS) is 23.1. The van der Waals surface area contributed by atoms with Gasteiger partial charge in [0, 0.05) is 30.4 Å². The number of carbonyl (C=O) groups excluding carboxylic acids is 2. The highest BCUT2D eigenvalue weighted by Crippen LogP contribution is 2.26. The van der Waals surface area contributed by atoms with Crippen LogP contribution in [0.3, 0.4) is 0 Å². The minimum absolute atomic E-state index is 0.0649. The van der Waals surface area contributed by atoms with Crippen LogP contribution in [-0.4, -0.2) is 52.5 Å². The lowest BCUT2D eigenvalue weighted by atomic mass is 9.92. The Hall–Kier alpha value is -3.80. The lowest BCUT2D eigenvalue weighted by Crippen LogP contribution is -2.36. The number of fused-ring (bicyclic) bond motifs is 2. The van der Waals surface area contributed by atoms with E-state index in [0.29, 0.717) is 24.1 Å². The van der Waals surface area contributed by atoms with E-state index >= 15 is 0 Å². The van der Waals surface area contributed by atoms with Gasteiger partial charge in [0.25, 0.3) is 5.91 Å². The minimum atomic E-state index is -4.76. The Balaban J connectivity index is 1.23. The van der Waals surface area contributed by atoms with Gasteiger partial charge in [0.05, 0.1) is 17.2 Å². The second-order valence-electron chi connectivity index (χ2n) is 9.07. The number of hydrogen-bond donors (Lipinski definition) is 3. The van der Waals surface area contributed by atoms with E-state index in [1.807, 2.05) is 12.2 Å². The Morgan fingerprint density at radius 3 is 2.84 bits per heavy atom. The van der Waals surface area contributed by atoms with Crippen molar-refractivity contribution >= 4 is 24.1 Å². The Kier molecular flexibility index (Phi) is 6.67. The van der Waals surface area contributed by atoms with Crippen molar-refractivity contribution in [1.82, 2.24) is 21.3 Å². The van der Waals surface area contributed by atoms with Crippen LogP contribution >= 0.6 is 0 Å². The molecule has 1 aliphatic carbocycles. The third-order valence-corrected chi connectivity index (χ3v) is 6.54. The van der Waals surface area contributed by atoms with Gasteiger partial charge in [0.1, 0.15) is 5.75 Å². The number of benzene rings is 1. The second kappa shape index (κ2) is 9.92. The highest BCUT2D eigenvalue weighted by molar-refractivity contribution is 5.96. The van der Waals surface area contributed by atoms with Crippen molar-refractivity contribution < 1.29 is 32.1 Å². The van der Waals surface area contributed by atoms with Crippen LogP contribution in [0.2, 0.25) is 0 Å². The van der Waals surface area contributed by atoms with Gasteiger partial charge in [-0.05, 0) is 55.2 Å². The fourth-order valence-electron chi connectivity index (χ4n) is 4.57. The molecular weight excluding hydrogens is 487 g/mol. The predicted octanol–water partition coefficient (Wildman–Crippen LogP) is 2.77. The van der Waals surface area contributed by atoms with E-state index in [4.69, 9.17) is 0 Å². The van der Waals surface area contributed by atoms with Crippen molar-refractivity contribution in [3.05, 3.63) is 82.7 Å². The summed E-state index contributed by atoms with van der Waals surface area (Å²) in [7, 11) is 0. The van der Waals surface area contributed by atoms with E-state index in [0.717, 1.165) is 23.1 Å². The maximum atomic E-state index is 13.1. The zero-order valence-corrected chi connectivity index (χ0v) is 19.9. The van der Waals surface area contributed by atoms with E-state index in [2.05, 4.69) is 21.1 Å². The Labute approximate surface area is 211 Å². The van der Waals surface area contributed by atoms with E-state index < -0.39 is 6.36 Å². The molecule has 192 valence electrons. The Morgan fingerprint density at radius 1 is 1.22 bits per heavy atom. The van der Waals surface area contributed by atoms with Crippen LogP contribution in [0, 0.1) is 6.92 Å². The predicted molar refractivity (Wildman–Crippen MR) is 130 cm³/mol. The van der Waals surface area contributed by atoms with Crippen molar-refractivity contribution in [3.63, 3.8) is 0 Å². The smallest absolute Gasteiger partial charge is 0.406 e. The third-order valence-electron chi connectivity index (χ3n) is 6.54. The maximum Gasteiger partial charge on any atom is 0.573 e. The van der Waals surface area contributed by atoms with Crippen molar-refractivity contribution in [3.8, 4) is 5.75 Å². The van der Waals surface area contributed by atoms with E-state index in [9.17, 15) is 22.8 Å². The first-order valence-electron chi connectivity index (χ1n) is 11.8. The average Bonchev–Trinajstić information content (AvgIpc) is 3.44.